The molecule has 1 N–H and O–H groups in total. The van der Waals surface area contributed by atoms with Crippen LogP contribution < -0.4 is 5.32 Å². The van der Waals surface area contributed by atoms with E-state index in [9.17, 15) is 4.79 Å². The van der Waals surface area contributed by atoms with Gasteiger partial charge in [-0.05, 0) is 36.5 Å². The number of rotatable bonds is 2. The molecule has 2 heterocycles. The molecule has 0 saturated heterocycles. The molecule has 1 aromatic heterocycles. The molecule has 0 radical (unpaired) electrons. The highest BCUT2D eigenvalue weighted by molar-refractivity contribution is 6.01. The Balaban J connectivity index is 1.76. The van der Waals surface area contributed by atoms with Crippen LogP contribution in [-0.4, -0.2) is 15.6 Å². The van der Waals surface area contributed by atoms with Crippen molar-refractivity contribution < 1.29 is 4.79 Å². The Morgan fingerprint density at radius 2 is 1.66 bits per heavy atom. The summed E-state index contributed by atoms with van der Waals surface area (Å²) in [5.41, 5.74) is 6.13. The van der Waals surface area contributed by atoms with E-state index in [-0.39, 0.29) is 17.1 Å². The lowest BCUT2D eigenvalue weighted by atomic mass is 9.69. The van der Waals surface area contributed by atoms with E-state index in [1.54, 1.807) is 0 Å². The molecular weight excluding hydrogens is 358 g/mol. The van der Waals surface area contributed by atoms with Gasteiger partial charge < -0.3 is 5.32 Å². The molecule has 2 aliphatic rings. The van der Waals surface area contributed by atoms with Crippen molar-refractivity contribution in [1.82, 2.24) is 9.78 Å². The van der Waals surface area contributed by atoms with Crippen molar-refractivity contribution in [2.75, 3.05) is 5.32 Å². The summed E-state index contributed by atoms with van der Waals surface area (Å²) < 4.78 is 1.98. The van der Waals surface area contributed by atoms with Gasteiger partial charge in [-0.3, -0.25) is 4.79 Å². The molecule has 1 atom stereocenters. The fourth-order valence-electron chi connectivity index (χ4n) is 4.81. The minimum atomic E-state index is -0.0801. The maximum absolute atomic E-state index is 13.3. The molecule has 1 aliphatic carbocycles. The maximum atomic E-state index is 13.3. The first kappa shape index (κ1) is 17.9. The van der Waals surface area contributed by atoms with E-state index in [2.05, 4.69) is 43.4 Å². The van der Waals surface area contributed by atoms with Crippen molar-refractivity contribution in [1.29, 1.82) is 0 Å². The third-order valence-corrected chi connectivity index (χ3v) is 6.01. The normalized spacial score (nSPS) is 20.1. The topological polar surface area (TPSA) is 46.9 Å². The van der Waals surface area contributed by atoms with Crippen LogP contribution in [0.4, 0.5) is 5.82 Å². The van der Waals surface area contributed by atoms with Crippen molar-refractivity contribution in [3.8, 4) is 5.69 Å². The molecule has 0 unspecified atom stereocenters. The van der Waals surface area contributed by atoms with E-state index in [4.69, 9.17) is 5.10 Å². The van der Waals surface area contributed by atoms with Gasteiger partial charge in [-0.1, -0.05) is 62.4 Å². The van der Waals surface area contributed by atoms with E-state index in [0.717, 1.165) is 46.0 Å². The Hall–Kier alpha value is -3.14. The SMILES string of the molecule is Cc1nn(-c2ccccc2)c2c1[C@@H](c1ccccc1)C1=C(CC(C)(C)CC1=O)N2. The summed E-state index contributed by atoms with van der Waals surface area (Å²) in [5.74, 6) is 1.14. The predicted molar refractivity (Wildman–Crippen MR) is 115 cm³/mol. The second-order valence-corrected chi connectivity index (χ2v) is 8.90. The Bertz CT molecular complexity index is 1120. The monoisotopic (exact) mass is 383 g/mol. The summed E-state index contributed by atoms with van der Waals surface area (Å²) >= 11 is 0. The van der Waals surface area contributed by atoms with Crippen molar-refractivity contribution in [2.45, 2.75) is 39.5 Å². The summed E-state index contributed by atoms with van der Waals surface area (Å²) in [5, 5.41) is 8.51. The van der Waals surface area contributed by atoms with Crippen molar-refractivity contribution in [3.05, 3.63) is 88.8 Å². The number of ketones is 1. The molecule has 29 heavy (non-hydrogen) atoms. The molecule has 0 fully saturated rings. The summed E-state index contributed by atoms with van der Waals surface area (Å²) in [6.07, 6.45) is 1.44. The molecule has 4 heteroatoms. The number of carbonyl (C=O) groups is 1. The van der Waals surface area contributed by atoms with Crippen LogP contribution in [0.15, 0.2) is 71.9 Å². The van der Waals surface area contributed by atoms with Crippen LogP contribution in [0.5, 0.6) is 0 Å². The second-order valence-electron chi connectivity index (χ2n) is 8.90. The molecule has 3 aromatic rings. The van der Waals surface area contributed by atoms with E-state index in [1.807, 2.05) is 48.0 Å². The van der Waals surface area contributed by atoms with Crippen LogP contribution >= 0.6 is 0 Å². The number of Topliss-reactive ketones (excluding diaryl/α,β-unsaturated/α-hetero) is 1. The van der Waals surface area contributed by atoms with Crippen LogP contribution in [0, 0.1) is 12.3 Å². The van der Waals surface area contributed by atoms with Crippen LogP contribution in [0.2, 0.25) is 0 Å². The smallest absolute Gasteiger partial charge is 0.162 e. The number of allylic oxidation sites excluding steroid dienone is 2. The lowest BCUT2D eigenvalue weighted by molar-refractivity contribution is -0.118. The molecule has 0 spiro atoms. The number of benzene rings is 2. The number of aromatic nitrogens is 2. The highest BCUT2D eigenvalue weighted by Gasteiger charge is 2.42. The molecule has 5 rings (SSSR count). The van der Waals surface area contributed by atoms with Gasteiger partial charge in [0.1, 0.15) is 5.82 Å². The molecule has 2 aromatic carbocycles. The van der Waals surface area contributed by atoms with Crippen molar-refractivity contribution in [3.63, 3.8) is 0 Å². The average molecular weight is 383 g/mol. The van der Waals surface area contributed by atoms with E-state index >= 15 is 0 Å². The third-order valence-electron chi connectivity index (χ3n) is 6.01. The fourth-order valence-corrected chi connectivity index (χ4v) is 4.81. The number of nitrogens with zero attached hydrogens (tertiary/aromatic N) is 2. The molecule has 4 nitrogen and oxygen atoms in total. The standard InChI is InChI=1S/C25H25N3O/c1-16-21-22(17-10-6-4-7-11-17)23-19(14-25(2,3)15-20(23)29)26-24(21)28(27-16)18-12-8-5-9-13-18/h4-13,22,26H,14-15H2,1-3H3/t22-/m1/s1. The van der Waals surface area contributed by atoms with E-state index < -0.39 is 0 Å². The first-order valence-electron chi connectivity index (χ1n) is 10.2. The quantitative estimate of drug-likeness (QED) is 0.646. The molecule has 0 bridgehead atoms. The average Bonchev–Trinajstić information content (AvgIpc) is 3.03. The van der Waals surface area contributed by atoms with Gasteiger partial charge in [-0.15, -0.1) is 0 Å². The van der Waals surface area contributed by atoms with Gasteiger partial charge in [0, 0.05) is 29.2 Å². The van der Waals surface area contributed by atoms with Gasteiger partial charge in [0.15, 0.2) is 5.78 Å². The molecular formula is C25H25N3O. The number of nitrogens with one attached hydrogen (secondary N) is 1. The zero-order valence-electron chi connectivity index (χ0n) is 17.1. The lowest BCUT2D eigenvalue weighted by Gasteiger charge is -2.38. The number of aryl methyl sites for hydroxylation is 1. The number of anilines is 1. The highest BCUT2D eigenvalue weighted by Crippen LogP contribution is 2.50. The van der Waals surface area contributed by atoms with Crippen molar-refractivity contribution in [2.24, 2.45) is 5.41 Å². The third kappa shape index (κ3) is 2.91. The van der Waals surface area contributed by atoms with Gasteiger partial charge >= 0.3 is 0 Å². The Morgan fingerprint density at radius 3 is 2.34 bits per heavy atom. The summed E-state index contributed by atoms with van der Waals surface area (Å²) in [6.45, 7) is 6.38. The highest BCUT2D eigenvalue weighted by atomic mass is 16.1. The summed E-state index contributed by atoms with van der Waals surface area (Å²) in [7, 11) is 0. The van der Waals surface area contributed by atoms with Gasteiger partial charge in [0.25, 0.3) is 0 Å². The first-order chi connectivity index (χ1) is 13.9. The number of hydrogen-bond acceptors (Lipinski definition) is 3. The van der Waals surface area contributed by atoms with E-state index in [0.29, 0.717) is 6.42 Å². The Morgan fingerprint density at radius 1 is 1.00 bits per heavy atom. The minimum absolute atomic E-state index is 0.0473. The van der Waals surface area contributed by atoms with Crippen LogP contribution in [0.1, 0.15) is 49.4 Å². The molecule has 0 amide bonds. The summed E-state index contributed by atoms with van der Waals surface area (Å²) in [6, 6.07) is 20.5. The first-order valence-corrected chi connectivity index (χ1v) is 10.2. The lowest BCUT2D eigenvalue weighted by Crippen LogP contribution is -2.34. The molecule has 1 aliphatic heterocycles. The van der Waals surface area contributed by atoms with Gasteiger partial charge in [0.05, 0.1) is 11.4 Å². The number of fused-ring (bicyclic) bond motifs is 1. The van der Waals surface area contributed by atoms with Crippen LogP contribution in [-0.2, 0) is 4.79 Å². The Kier molecular flexibility index (Phi) is 3.98. The Labute approximate surface area is 171 Å². The van der Waals surface area contributed by atoms with Gasteiger partial charge in [0.2, 0.25) is 0 Å². The van der Waals surface area contributed by atoms with Gasteiger partial charge in [-0.25, -0.2) is 4.68 Å². The van der Waals surface area contributed by atoms with Crippen molar-refractivity contribution >= 4 is 11.6 Å². The van der Waals surface area contributed by atoms with Crippen LogP contribution in [0.3, 0.4) is 0 Å². The summed E-state index contributed by atoms with van der Waals surface area (Å²) in [4.78, 5) is 13.3. The molecule has 0 saturated carbocycles. The van der Waals surface area contributed by atoms with E-state index in [1.165, 1.54) is 0 Å². The zero-order chi connectivity index (χ0) is 20.2. The molecule has 146 valence electrons. The minimum Gasteiger partial charge on any atom is -0.343 e. The number of carbonyl (C=O) groups excluding carboxylic acids is 1. The number of hydrogen-bond donors (Lipinski definition) is 1. The fraction of sp³-hybridized carbons (Fsp3) is 0.280. The second kappa shape index (κ2) is 6.45. The van der Waals surface area contributed by atoms with Gasteiger partial charge in [-0.2, -0.15) is 5.10 Å². The zero-order valence-corrected chi connectivity index (χ0v) is 17.1. The number of para-hydroxylation sites is 1. The largest absolute Gasteiger partial charge is 0.343 e. The maximum Gasteiger partial charge on any atom is 0.162 e. The van der Waals surface area contributed by atoms with Crippen LogP contribution in [0.25, 0.3) is 5.69 Å². The predicted octanol–water partition coefficient (Wildman–Crippen LogP) is 5.38.